The van der Waals surface area contributed by atoms with Crippen LogP contribution in [-0.2, 0) is 33.6 Å². The highest BCUT2D eigenvalue weighted by molar-refractivity contribution is 5.96. The number of carbonyl (C=O) groups excluding carboxylic acids is 6. The first-order chi connectivity index (χ1) is 26.5. The molecule has 0 aliphatic heterocycles. The summed E-state index contributed by atoms with van der Waals surface area (Å²) in [6.07, 6.45) is 1.87. The average molecular weight is 802 g/mol. The Morgan fingerprint density at radius 3 is 1.27 bits per heavy atom. The van der Waals surface area contributed by atoms with E-state index in [9.17, 15) is 43.8 Å². The molecule has 0 heterocycles. The lowest BCUT2D eigenvalue weighted by molar-refractivity contribution is -0.142. The number of carbonyl (C=O) groups is 7. The van der Waals surface area contributed by atoms with Crippen molar-refractivity contribution in [3.8, 4) is 0 Å². The minimum Gasteiger partial charge on any atom is -0.480 e. The summed E-state index contributed by atoms with van der Waals surface area (Å²) < 4.78 is 0. The Labute approximate surface area is 325 Å². The largest absolute Gasteiger partial charge is 0.480 e. The molecule has 0 fully saturated rings. The van der Waals surface area contributed by atoms with E-state index in [4.69, 9.17) is 45.9 Å². The van der Waals surface area contributed by atoms with Gasteiger partial charge in [-0.1, -0.05) is 0 Å². The number of carboxylic acid groups (broad SMARTS) is 1. The molecule has 0 spiro atoms. The van der Waals surface area contributed by atoms with E-state index in [-0.39, 0.29) is 83.0 Å². The van der Waals surface area contributed by atoms with Gasteiger partial charge in [0, 0.05) is 19.5 Å². The van der Waals surface area contributed by atoms with Gasteiger partial charge in [0.15, 0.2) is 11.9 Å². The molecular weight excluding hydrogens is 738 g/mol. The summed E-state index contributed by atoms with van der Waals surface area (Å²) >= 11 is 0. The van der Waals surface area contributed by atoms with Crippen LogP contribution in [0, 0.1) is 0 Å². The summed E-state index contributed by atoms with van der Waals surface area (Å²) in [5, 5.41) is 31.9. The highest BCUT2D eigenvalue weighted by Gasteiger charge is 2.32. The van der Waals surface area contributed by atoms with Gasteiger partial charge in [-0.15, -0.1) is 0 Å². The Kier molecular flexibility index (Phi) is 26.3. The number of nitrogens with one attached hydrogen (secondary N) is 5. The van der Waals surface area contributed by atoms with Crippen molar-refractivity contribution in [1.82, 2.24) is 26.6 Å². The highest BCUT2D eigenvalue weighted by atomic mass is 16.4. The van der Waals surface area contributed by atoms with Crippen LogP contribution < -0.4 is 72.5 Å². The zero-order valence-corrected chi connectivity index (χ0v) is 31.8. The standard InChI is InChI=1S/C32H63N15O9/c33-13-3-1-8-19(27(52)46-22(30(55)56)11-12-24(36)49)45-29(54)23(17-48)47-28(53)20(9-2-4-14-34)44-26(51)21(10-6-16-42-32(39)40)43-25(50)18(35)7-5-15-41-31(37)38/h18-23,48H,1-17,33-35H2,(H2,36,49)(H,43,50)(H,44,51)(H,45,54)(H,46,52)(H,47,53)(H,55,56)(H4,37,38,41)(H4,39,40,42)/t18-,19-,20-,21-,22-,23-/m0/s1. The first-order valence-corrected chi connectivity index (χ1v) is 18.4. The lowest BCUT2D eigenvalue weighted by Gasteiger charge is -2.26. The van der Waals surface area contributed by atoms with Crippen molar-refractivity contribution in [2.24, 2.45) is 55.9 Å². The molecule has 0 bridgehead atoms. The Hall–Kier alpha value is -5.33. The summed E-state index contributed by atoms with van der Waals surface area (Å²) in [5.74, 6) is -6.72. The number of aliphatic hydroxyl groups excluding tert-OH is 1. The number of aliphatic hydroxyl groups is 1. The first kappa shape index (κ1) is 50.7. The molecule has 23 N–H and O–H groups in total. The second-order valence-electron chi connectivity index (χ2n) is 12.9. The van der Waals surface area contributed by atoms with Gasteiger partial charge in [-0.3, -0.25) is 38.8 Å². The Bertz CT molecular complexity index is 1330. The number of hydrogen-bond donors (Lipinski definition) is 15. The number of amides is 6. The van der Waals surface area contributed by atoms with E-state index >= 15 is 0 Å². The average Bonchev–Trinajstić information content (AvgIpc) is 3.13. The van der Waals surface area contributed by atoms with Crippen molar-refractivity contribution in [2.45, 2.75) is 113 Å². The van der Waals surface area contributed by atoms with Gasteiger partial charge in [-0.2, -0.15) is 0 Å². The van der Waals surface area contributed by atoms with E-state index in [0.29, 0.717) is 32.1 Å². The molecule has 56 heavy (non-hydrogen) atoms. The van der Waals surface area contributed by atoms with Crippen molar-refractivity contribution in [1.29, 1.82) is 0 Å². The molecule has 0 aromatic carbocycles. The molecule has 6 atom stereocenters. The maximum absolute atomic E-state index is 13.6. The summed E-state index contributed by atoms with van der Waals surface area (Å²) in [6.45, 7) is -0.0498. The van der Waals surface area contributed by atoms with E-state index in [1.165, 1.54) is 0 Å². The van der Waals surface area contributed by atoms with Crippen molar-refractivity contribution < 1.29 is 43.8 Å². The molecule has 0 rings (SSSR count). The number of unbranched alkanes of at least 4 members (excludes halogenated alkanes) is 2. The maximum atomic E-state index is 13.6. The lowest BCUT2D eigenvalue weighted by atomic mass is 10.0. The Balaban J connectivity index is 6.08. The van der Waals surface area contributed by atoms with Crippen molar-refractivity contribution in [3.63, 3.8) is 0 Å². The van der Waals surface area contributed by atoms with Crippen molar-refractivity contribution >= 4 is 53.3 Å². The topological polar surface area (TPSA) is 453 Å². The minimum atomic E-state index is -1.63. The molecule has 24 heteroatoms. The number of hydrogen-bond acceptors (Lipinski definition) is 13. The second kappa shape index (κ2) is 29.0. The minimum absolute atomic E-state index is 0.0109. The van der Waals surface area contributed by atoms with Gasteiger partial charge < -0.3 is 82.7 Å². The SMILES string of the molecule is NCCCC[C@H](NC(=O)[C@H](CO)NC(=O)[C@H](CCCCN)NC(=O)[C@H](CCCN=C(N)N)NC(=O)[C@@H](N)CCCN=C(N)N)C(=O)N[C@@H](CCC(N)=O)C(=O)O. The number of nitrogens with two attached hydrogens (primary N) is 8. The summed E-state index contributed by atoms with van der Waals surface area (Å²) in [6, 6.07) is -7.97. The quantitative estimate of drug-likeness (QED) is 0.0176. The van der Waals surface area contributed by atoms with Gasteiger partial charge in [-0.25, -0.2) is 4.79 Å². The van der Waals surface area contributed by atoms with Crippen LogP contribution in [0.5, 0.6) is 0 Å². The Morgan fingerprint density at radius 2 is 0.875 bits per heavy atom. The zero-order valence-electron chi connectivity index (χ0n) is 31.8. The number of aliphatic carboxylic acids is 1. The van der Waals surface area contributed by atoms with Crippen LogP contribution in [0.15, 0.2) is 9.98 Å². The van der Waals surface area contributed by atoms with E-state index in [1.54, 1.807) is 0 Å². The van der Waals surface area contributed by atoms with Gasteiger partial charge in [0.2, 0.25) is 35.4 Å². The molecule has 0 saturated heterocycles. The monoisotopic (exact) mass is 801 g/mol. The molecule has 6 amide bonds. The predicted octanol–water partition coefficient (Wildman–Crippen LogP) is -6.55. The van der Waals surface area contributed by atoms with Crippen LogP contribution in [0.4, 0.5) is 0 Å². The molecule has 0 saturated carbocycles. The van der Waals surface area contributed by atoms with Gasteiger partial charge >= 0.3 is 5.97 Å². The molecule has 0 aliphatic rings. The Morgan fingerprint density at radius 1 is 0.500 bits per heavy atom. The number of guanidine groups is 2. The molecular formula is C32H63N15O9. The third-order valence-electron chi connectivity index (χ3n) is 8.15. The number of rotatable bonds is 31. The normalized spacial score (nSPS) is 14.0. The van der Waals surface area contributed by atoms with Crippen LogP contribution in [0.2, 0.25) is 0 Å². The highest BCUT2D eigenvalue weighted by Crippen LogP contribution is 2.08. The van der Waals surface area contributed by atoms with Crippen LogP contribution >= 0.6 is 0 Å². The van der Waals surface area contributed by atoms with Crippen LogP contribution in [0.3, 0.4) is 0 Å². The number of carboxylic acids is 1. The van der Waals surface area contributed by atoms with E-state index in [2.05, 4.69) is 36.6 Å². The molecule has 0 aromatic heterocycles. The van der Waals surface area contributed by atoms with Crippen molar-refractivity contribution in [2.75, 3.05) is 32.8 Å². The van der Waals surface area contributed by atoms with Gasteiger partial charge in [0.05, 0.1) is 12.6 Å². The zero-order chi connectivity index (χ0) is 42.6. The fourth-order valence-electron chi connectivity index (χ4n) is 5.05. The van der Waals surface area contributed by atoms with E-state index in [1.807, 2.05) is 0 Å². The van der Waals surface area contributed by atoms with Crippen LogP contribution in [0.25, 0.3) is 0 Å². The fourth-order valence-corrected chi connectivity index (χ4v) is 5.05. The number of nitrogens with zero attached hydrogens (tertiary/aromatic N) is 2. The maximum Gasteiger partial charge on any atom is 0.326 e. The third-order valence-corrected chi connectivity index (χ3v) is 8.15. The molecule has 0 radical (unpaired) electrons. The smallest absolute Gasteiger partial charge is 0.326 e. The fraction of sp³-hybridized carbons (Fsp3) is 0.719. The van der Waals surface area contributed by atoms with Gasteiger partial charge in [0.25, 0.3) is 0 Å². The number of aliphatic imine (C=N–C) groups is 2. The van der Waals surface area contributed by atoms with Crippen LogP contribution in [0.1, 0.15) is 77.0 Å². The summed E-state index contributed by atoms with van der Waals surface area (Å²) in [4.78, 5) is 97.2. The second-order valence-corrected chi connectivity index (χ2v) is 12.9. The summed E-state index contributed by atoms with van der Waals surface area (Å²) in [7, 11) is 0. The summed E-state index contributed by atoms with van der Waals surface area (Å²) in [5.41, 5.74) is 43.8. The van der Waals surface area contributed by atoms with Gasteiger partial charge in [-0.05, 0) is 83.7 Å². The first-order valence-electron chi connectivity index (χ1n) is 18.4. The van der Waals surface area contributed by atoms with Crippen molar-refractivity contribution in [3.05, 3.63) is 0 Å². The molecule has 0 aromatic rings. The number of primary amides is 1. The molecule has 320 valence electrons. The predicted molar refractivity (Wildman–Crippen MR) is 206 cm³/mol. The molecule has 0 aliphatic carbocycles. The van der Waals surface area contributed by atoms with Gasteiger partial charge in [0.1, 0.15) is 30.2 Å². The molecule has 24 nitrogen and oxygen atoms in total. The van der Waals surface area contributed by atoms with E-state index < -0.39 is 84.3 Å². The third kappa shape index (κ3) is 22.8. The van der Waals surface area contributed by atoms with E-state index in [0.717, 1.165) is 0 Å². The van der Waals surface area contributed by atoms with Crippen LogP contribution in [-0.4, -0.2) is 133 Å². The lowest BCUT2D eigenvalue weighted by Crippen LogP contribution is -2.60. The molecule has 0 unspecified atom stereocenters.